The third kappa shape index (κ3) is 3.69. The first-order chi connectivity index (χ1) is 13.6. The topological polar surface area (TPSA) is 110 Å². The summed E-state index contributed by atoms with van der Waals surface area (Å²) >= 11 is 0. The molecule has 2 heterocycles. The summed E-state index contributed by atoms with van der Waals surface area (Å²) in [5, 5.41) is 10.7. The zero-order valence-corrected chi connectivity index (χ0v) is 18.1. The van der Waals surface area contributed by atoms with E-state index in [-0.39, 0.29) is 5.69 Å². The van der Waals surface area contributed by atoms with Crippen molar-refractivity contribution in [3.63, 3.8) is 0 Å². The fraction of sp³-hybridized carbons (Fsp3) is 0.474. The molecule has 0 atom stereocenters. The highest BCUT2D eigenvalue weighted by molar-refractivity contribution is 7.89. The molecule has 29 heavy (non-hydrogen) atoms. The molecule has 1 aliphatic rings. The van der Waals surface area contributed by atoms with Crippen LogP contribution < -0.4 is 4.90 Å². The number of sulfonamides is 1. The Hall–Kier alpha value is -2.59. The van der Waals surface area contributed by atoms with Crippen LogP contribution in [0.3, 0.4) is 0 Å². The van der Waals surface area contributed by atoms with Crippen molar-refractivity contribution in [3.05, 3.63) is 50.3 Å². The number of rotatable bonds is 4. The first-order valence-electron chi connectivity index (χ1n) is 9.34. The minimum absolute atomic E-state index is 0.175. The molecular formula is C19H25N5O4S. The van der Waals surface area contributed by atoms with Gasteiger partial charge in [0.25, 0.3) is 0 Å². The van der Waals surface area contributed by atoms with Crippen molar-refractivity contribution in [3.8, 4) is 0 Å². The Kier molecular flexibility index (Phi) is 5.59. The highest BCUT2D eigenvalue weighted by Crippen LogP contribution is 2.32. The lowest BCUT2D eigenvalue weighted by atomic mass is 9.95. The van der Waals surface area contributed by atoms with Crippen LogP contribution in [0.25, 0.3) is 0 Å². The van der Waals surface area contributed by atoms with Crippen LogP contribution >= 0.6 is 0 Å². The van der Waals surface area contributed by atoms with Gasteiger partial charge in [0.15, 0.2) is 0 Å². The molecule has 2 aromatic rings. The Balaban J connectivity index is 1.83. The second-order valence-corrected chi connectivity index (χ2v) is 9.22. The van der Waals surface area contributed by atoms with Gasteiger partial charge in [0.2, 0.25) is 16.0 Å². The van der Waals surface area contributed by atoms with Gasteiger partial charge in [0, 0.05) is 26.2 Å². The predicted molar refractivity (Wildman–Crippen MR) is 110 cm³/mol. The molecule has 3 rings (SSSR count). The fourth-order valence-corrected chi connectivity index (χ4v) is 5.66. The summed E-state index contributed by atoms with van der Waals surface area (Å²) in [6.45, 7) is 11.1. The van der Waals surface area contributed by atoms with Gasteiger partial charge in [-0.05, 0) is 62.4 Å². The molecule has 0 amide bonds. The van der Waals surface area contributed by atoms with Crippen LogP contribution in [-0.4, -0.2) is 53.8 Å². The van der Waals surface area contributed by atoms with Gasteiger partial charge >= 0.3 is 5.69 Å². The molecule has 0 unspecified atom stereocenters. The number of nitro groups is 1. The number of piperazine rings is 1. The molecular weight excluding hydrogens is 394 g/mol. The molecule has 0 saturated carbocycles. The Bertz CT molecular complexity index is 1030. The van der Waals surface area contributed by atoms with Crippen LogP contribution in [0.2, 0.25) is 0 Å². The Labute approximate surface area is 170 Å². The smallest absolute Gasteiger partial charge is 0.305 e. The van der Waals surface area contributed by atoms with Crippen molar-refractivity contribution >= 4 is 21.7 Å². The molecule has 1 aromatic carbocycles. The third-order valence-electron chi connectivity index (χ3n) is 5.89. The number of nitrogens with zero attached hydrogens (tertiary/aromatic N) is 5. The van der Waals surface area contributed by atoms with E-state index in [1.165, 1.54) is 4.31 Å². The van der Waals surface area contributed by atoms with Crippen molar-refractivity contribution in [1.82, 2.24) is 14.3 Å². The van der Waals surface area contributed by atoms with Crippen LogP contribution in [0.4, 0.5) is 11.6 Å². The van der Waals surface area contributed by atoms with Gasteiger partial charge in [-0.2, -0.15) is 4.31 Å². The Morgan fingerprint density at radius 1 is 0.862 bits per heavy atom. The van der Waals surface area contributed by atoms with Crippen LogP contribution in [0.5, 0.6) is 0 Å². The Morgan fingerprint density at radius 2 is 1.31 bits per heavy atom. The fourth-order valence-electron chi connectivity index (χ4n) is 3.68. The predicted octanol–water partition coefficient (Wildman–Crippen LogP) is 2.44. The van der Waals surface area contributed by atoms with Gasteiger partial charge in [-0.15, -0.1) is 0 Å². The summed E-state index contributed by atoms with van der Waals surface area (Å²) in [5.74, 6) is 0.363. The van der Waals surface area contributed by atoms with E-state index in [1.54, 1.807) is 0 Å². The monoisotopic (exact) mass is 419 g/mol. The van der Waals surface area contributed by atoms with E-state index in [9.17, 15) is 18.5 Å². The maximum atomic E-state index is 13.4. The number of hydrogen-bond donors (Lipinski definition) is 0. The minimum Gasteiger partial charge on any atom is -0.338 e. The van der Waals surface area contributed by atoms with Crippen LogP contribution in [0, 0.1) is 44.7 Å². The summed E-state index contributed by atoms with van der Waals surface area (Å²) in [6, 6.07) is 0. The summed E-state index contributed by atoms with van der Waals surface area (Å²) in [4.78, 5) is 20.5. The largest absolute Gasteiger partial charge is 0.338 e. The summed E-state index contributed by atoms with van der Waals surface area (Å²) in [7, 11) is -3.63. The average molecular weight is 420 g/mol. The second-order valence-electron chi connectivity index (χ2n) is 7.34. The van der Waals surface area contributed by atoms with Crippen molar-refractivity contribution in [1.29, 1.82) is 0 Å². The first kappa shape index (κ1) is 21.1. The van der Waals surface area contributed by atoms with Crippen molar-refractivity contribution in [2.45, 2.75) is 39.5 Å². The molecule has 0 bridgehead atoms. The number of anilines is 1. The van der Waals surface area contributed by atoms with E-state index in [4.69, 9.17) is 0 Å². The van der Waals surface area contributed by atoms with Crippen LogP contribution in [0.1, 0.15) is 27.8 Å². The zero-order chi connectivity index (χ0) is 21.5. The second kappa shape index (κ2) is 7.68. The Morgan fingerprint density at radius 3 is 1.76 bits per heavy atom. The lowest BCUT2D eigenvalue weighted by molar-refractivity contribution is -0.385. The molecule has 1 aliphatic heterocycles. The van der Waals surface area contributed by atoms with Crippen molar-refractivity contribution in [2.75, 3.05) is 31.1 Å². The highest BCUT2D eigenvalue weighted by Gasteiger charge is 2.33. The minimum atomic E-state index is -3.63. The average Bonchev–Trinajstić information content (AvgIpc) is 2.71. The highest BCUT2D eigenvalue weighted by atomic mass is 32.2. The van der Waals surface area contributed by atoms with E-state index < -0.39 is 14.9 Å². The normalized spacial score (nSPS) is 15.6. The standard InChI is InChI=1S/C19H25N5O4S/c1-12-13(2)15(4)18(16(5)14(12)3)29(27,28)23-8-6-22(7-9-23)19-20-10-17(11-21-19)24(25)26/h10-11H,6-9H2,1-5H3. The maximum absolute atomic E-state index is 13.4. The number of aromatic nitrogens is 2. The van der Waals surface area contributed by atoms with E-state index in [2.05, 4.69) is 9.97 Å². The molecule has 0 radical (unpaired) electrons. The third-order valence-corrected chi connectivity index (χ3v) is 8.06. The quantitative estimate of drug-likeness (QED) is 0.553. The maximum Gasteiger partial charge on any atom is 0.305 e. The molecule has 1 aromatic heterocycles. The zero-order valence-electron chi connectivity index (χ0n) is 17.3. The molecule has 1 saturated heterocycles. The van der Waals surface area contributed by atoms with Crippen LogP contribution in [-0.2, 0) is 10.0 Å². The summed E-state index contributed by atoms with van der Waals surface area (Å²) in [5.41, 5.74) is 4.55. The molecule has 10 heteroatoms. The number of hydrogen-bond acceptors (Lipinski definition) is 7. The first-order valence-corrected chi connectivity index (χ1v) is 10.8. The van der Waals surface area contributed by atoms with Gasteiger partial charge in [0.1, 0.15) is 12.4 Å². The molecule has 0 N–H and O–H groups in total. The van der Waals surface area contributed by atoms with E-state index in [0.717, 1.165) is 40.2 Å². The SMILES string of the molecule is Cc1c(C)c(C)c(S(=O)(=O)N2CCN(c3ncc([N+](=O)[O-])cn3)CC2)c(C)c1C. The van der Waals surface area contributed by atoms with Crippen molar-refractivity contribution in [2.24, 2.45) is 0 Å². The lowest BCUT2D eigenvalue weighted by Gasteiger charge is -2.34. The lowest BCUT2D eigenvalue weighted by Crippen LogP contribution is -2.49. The van der Waals surface area contributed by atoms with E-state index in [1.807, 2.05) is 39.5 Å². The van der Waals surface area contributed by atoms with E-state index in [0.29, 0.717) is 37.0 Å². The van der Waals surface area contributed by atoms with Crippen molar-refractivity contribution < 1.29 is 13.3 Å². The molecule has 9 nitrogen and oxygen atoms in total. The summed E-state index contributed by atoms with van der Waals surface area (Å²) < 4.78 is 28.3. The summed E-state index contributed by atoms with van der Waals surface area (Å²) in [6.07, 6.45) is 2.33. The number of benzene rings is 1. The van der Waals surface area contributed by atoms with E-state index >= 15 is 0 Å². The molecule has 156 valence electrons. The van der Waals surface area contributed by atoms with Gasteiger partial charge in [0.05, 0.1) is 9.82 Å². The molecule has 1 fully saturated rings. The molecule has 0 aliphatic carbocycles. The van der Waals surface area contributed by atoms with Crippen LogP contribution in [0.15, 0.2) is 17.3 Å². The van der Waals surface area contributed by atoms with Gasteiger partial charge in [-0.1, -0.05) is 0 Å². The van der Waals surface area contributed by atoms with Gasteiger partial charge in [-0.3, -0.25) is 10.1 Å². The molecule has 0 spiro atoms. The van der Waals surface area contributed by atoms with Gasteiger partial charge in [-0.25, -0.2) is 18.4 Å². The van der Waals surface area contributed by atoms with Gasteiger partial charge < -0.3 is 4.90 Å².